The summed E-state index contributed by atoms with van der Waals surface area (Å²) in [5.74, 6) is 0. The summed E-state index contributed by atoms with van der Waals surface area (Å²) in [7, 11) is 2.23. The van der Waals surface area contributed by atoms with Crippen molar-refractivity contribution in [2.75, 3.05) is 39.8 Å². The highest BCUT2D eigenvalue weighted by atomic mass is 15.3. The summed E-state index contributed by atoms with van der Waals surface area (Å²) < 4.78 is 0. The van der Waals surface area contributed by atoms with Crippen LogP contribution in [0.15, 0.2) is 0 Å². The van der Waals surface area contributed by atoms with Crippen LogP contribution in [-0.2, 0) is 0 Å². The lowest BCUT2D eigenvalue weighted by atomic mass is 9.98. The van der Waals surface area contributed by atoms with Gasteiger partial charge in [-0.15, -0.1) is 0 Å². The molecule has 0 aromatic rings. The summed E-state index contributed by atoms with van der Waals surface area (Å²) in [4.78, 5) is 5.06. The molecule has 1 rings (SSSR count). The highest BCUT2D eigenvalue weighted by Gasteiger charge is 2.32. The van der Waals surface area contributed by atoms with Gasteiger partial charge >= 0.3 is 0 Å². The number of hydrogen-bond donors (Lipinski definition) is 1. The van der Waals surface area contributed by atoms with Gasteiger partial charge in [0.15, 0.2) is 0 Å². The van der Waals surface area contributed by atoms with Crippen LogP contribution in [0.1, 0.15) is 27.7 Å². The van der Waals surface area contributed by atoms with Crippen LogP contribution < -0.4 is 5.32 Å². The van der Waals surface area contributed by atoms with Gasteiger partial charge in [0.05, 0.1) is 0 Å². The number of nitrogens with zero attached hydrogens (tertiary/aromatic N) is 2. The number of piperazine rings is 1. The molecule has 90 valence electrons. The highest BCUT2D eigenvalue weighted by molar-refractivity contribution is 4.90. The van der Waals surface area contributed by atoms with Crippen molar-refractivity contribution in [1.29, 1.82) is 0 Å². The van der Waals surface area contributed by atoms with Gasteiger partial charge in [0.2, 0.25) is 0 Å². The second-order valence-corrected chi connectivity index (χ2v) is 5.36. The normalized spacial score (nSPS) is 25.4. The molecule has 0 aromatic carbocycles. The molecule has 0 bridgehead atoms. The van der Waals surface area contributed by atoms with Crippen molar-refractivity contribution >= 4 is 0 Å². The van der Waals surface area contributed by atoms with E-state index in [0.717, 1.165) is 13.1 Å². The molecule has 3 nitrogen and oxygen atoms in total. The van der Waals surface area contributed by atoms with Crippen molar-refractivity contribution in [2.24, 2.45) is 0 Å². The number of likely N-dealkylation sites (N-methyl/N-ethyl adjacent to an activating group) is 2. The second-order valence-electron chi connectivity index (χ2n) is 5.36. The molecule has 1 atom stereocenters. The zero-order valence-corrected chi connectivity index (χ0v) is 11.0. The van der Waals surface area contributed by atoms with Crippen molar-refractivity contribution in [1.82, 2.24) is 15.1 Å². The maximum atomic E-state index is 3.43. The van der Waals surface area contributed by atoms with Gasteiger partial charge in [-0.3, -0.25) is 9.80 Å². The van der Waals surface area contributed by atoms with E-state index in [1.165, 1.54) is 19.6 Å². The first kappa shape index (κ1) is 12.9. The van der Waals surface area contributed by atoms with Crippen LogP contribution in [0.5, 0.6) is 0 Å². The van der Waals surface area contributed by atoms with Gasteiger partial charge in [0.25, 0.3) is 0 Å². The first-order valence-electron chi connectivity index (χ1n) is 6.13. The van der Waals surface area contributed by atoms with Crippen LogP contribution in [-0.4, -0.2) is 61.2 Å². The van der Waals surface area contributed by atoms with Crippen molar-refractivity contribution in [3.05, 3.63) is 0 Å². The third-order valence-corrected chi connectivity index (χ3v) is 3.66. The molecular formula is C12H27N3. The van der Waals surface area contributed by atoms with Gasteiger partial charge in [-0.1, -0.05) is 6.92 Å². The molecule has 1 heterocycles. The third kappa shape index (κ3) is 3.44. The summed E-state index contributed by atoms with van der Waals surface area (Å²) in [5.41, 5.74) is 0.318. The van der Waals surface area contributed by atoms with Crippen LogP contribution in [0.2, 0.25) is 0 Å². The van der Waals surface area contributed by atoms with Gasteiger partial charge in [-0.05, 0) is 34.4 Å². The molecule has 0 spiro atoms. The molecule has 0 radical (unpaired) electrons. The Bertz CT molecular complexity index is 191. The van der Waals surface area contributed by atoms with Crippen LogP contribution in [0.3, 0.4) is 0 Å². The van der Waals surface area contributed by atoms with E-state index >= 15 is 0 Å². The molecule has 0 aromatic heterocycles. The summed E-state index contributed by atoms with van der Waals surface area (Å²) in [5, 5.41) is 3.43. The zero-order chi connectivity index (χ0) is 11.5. The monoisotopic (exact) mass is 213 g/mol. The first-order chi connectivity index (χ1) is 6.97. The van der Waals surface area contributed by atoms with Gasteiger partial charge < -0.3 is 5.32 Å². The van der Waals surface area contributed by atoms with E-state index in [1.807, 2.05) is 0 Å². The molecule has 1 unspecified atom stereocenters. The highest BCUT2D eigenvalue weighted by Crippen LogP contribution is 2.20. The molecule has 1 fully saturated rings. The summed E-state index contributed by atoms with van der Waals surface area (Å²) in [6.07, 6.45) is 0. The first-order valence-corrected chi connectivity index (χ1v) is 6.13. The fraction of sp³-hybridized carbons (Fsp3) is 1.00. The molecule has 0 aliphatic carbocycles. The average Bonchev–Trinajstić information content (AvgIpc) is 2.18. The SMILES string of the molecule is CCNCC(C)N1CCN(C)C(C)(C)C1. The largest absolute Gasteiger partial charge is 0.315 e. The van der Waals surface area contributed by atoms with E-state index in [1.54, 1.807) is 0 Å². The topological polar surface area (TPSA) is 18.5 Å². The average molecular weight is 213 g/mol. The maximum absolute atomic E-state index is 3.43. The molecule has 1 aliphatic rings. The van der Waals surface area contributed by atoms with E-state index in [4.69, 9.17) is 0 Å². The van der Waals surface area contributed by atoms with E-state index in [-0.39, 0.29) is 0 Å². The van der Waals surface area contributed by atoms with E-state index in [9.17, 15) is 0 Å². The van der Waals surface area contributed by atoms with Crippen molar-refractivity contribution < 1.29 is 0 Å². The summed E-state index contributed by atoms with van der Waals surface area (Å²) in [6.45, 7) is 14.9. The molecule has 0 saturated carbocycles. The number of rotatable bonds is 4. The predicted octanol–water partition coefficient (Wildman–Crippen LogP) is 1.01. The minimum atomic E-state index is 0.318. The van der Waals surface area contributed by atoms with Crippen molar-refractivity contribution in [3.63, 3.8) is 0 Å². The Morgan fingerprint density at radius 1 is 1.33 bits per heavy atom. The van der Waals surface area contributed by atoms with Crippen LogP contribution >= 0.6 is 0 Å². The Morgan fingerprint density at radius 2 is 2.00 bits per heavy atom. The second kappa shape index (κ2) is 5.28. The van der Waals surface area contributed by atoms with E-state index < -0.39 is 0 Å². The molecule has 3 heteroatoms. The molecule has 1 aliphatic heterocycles. The minimum absolute atomic E-state index is 0.318. The predicted molar refractivity (Wildman–Crippen MR) is 66.3 cm³/mol. The molecular weight excluding hydrogens is 186 g/mol. The number of hydrogen-bond acceptors (Lipinski definition) is 3. The number of nitrogens with one attached hydrogen (secondary N) is 1. The van der Waals surface area contributed by atoms with Crippen LogP contribution in [0, 0.1) is 0 Å². The van der Waals surface area contributed by atoms with Gasteiger partial charge in [-0.25, -0.2) is 0 Å². The Morgan fingerprint density at radius 3 is 2.53 bits per heavy atom. The van der Waals surface area contributed by atoms with Gasteiger partial charge in [-0.2, -0.15) is 0 Å². The fourth-order valence-electron chi connectivity index (χ4n) is 2.14. The maximum Gasteiger partial charge on any atom is 0.0277 e. The fourth-order valence-corrected chi connectivity index (χ4v) is 2.14. The van der Waals surface area contributed by atoms with Gasteiger partial charge in [0.1, 0.15) is 0 Å². The van der Waals surface area contributed by atoms with Gasteiger partial charge in [0, 0.05) is 37.8 Å². The Balaban J connectivity index is 2.44. The molecule has 15 heavy (non-hydrogen) atoms. The van der Waals surface area contributed by atoms with Crippen molar-refractivity contribution in [2.45, 2.75) is 39.3 Å². The summed E-state index contributed by atoms with van der Waals surface area (Å²) in [6, 6.07) is 0.651. The minimum Gasteiger partial charge on any atom is -0.315 e. The third-order valence-electron chi connectivity index (χ3n) is 3.66. The smallest absolute Gasteiger partial charge is 0.0277 e. The lowest BCUT2D eigenvalue weighted by molar-refractivity contribution is 0.0209. The summed E-state index contributed by atoms with van der Waals surface area (Å²) >= 11 is 0. The lowest BCUT2D eigenvalue weighted by Crippen LogP contribution is -2.60. The molecule has 0 amide bonds. The lowest BCUT2D eigenvalue weighted by Gasteiger charge is -2.47. The van der Waals surface area contributed by atoms with Crippen LogP contribution in [0.4, 0.5) is 0 Å². The standard InChI is InChI=1S/C12H27N3/c1-6-13-9-11(2)15-8-7-14(5)12(3,4)10-15/h11,13H,6-10H2,1-5H3. The van der Waals surface area contributed by atoms with E-state index in [2.05, 4.69) is 49.9 Å². The Hall–Kier alpha value is -0.120. The molecule has 1 saturated heterocycles. The zero-order valence-electron chi connectivity index (χ0n) is 11.0. The Kier molecular flexibility index (Phi) is 4.56. The van der Waals surface area contributed by atoms with E-state index in [0.29, 0.717) is 11.6 Å². The quantitative estimate of drug-likeness (QED) is 0.752. The Labute approximate surface area is 94.8 Å². The van der Waals surface area contributed by atoms with Crippen molar-refractivity contribution in [3.8, 4) is 0 Å². The van der Waals surface area contributed by atoms with Crippen LogP contribution in [0.25, 0.3) is 0 Å². The molecule has 1 N–H and O–H groups in total.